The van der Waals surface area contributed by atoms with E-state index in [2.05, 4.69) is 25.6 Å². The standard InChI is InChI=1S/C25H32N8O9/c1-4-17-15(5-19(41-17)31-8-12(2)21(35)27-23(31)37)33-10-14(29-30-33)7-26-25(39)40-11-18-16(34)6-20(42-18)32-9-13(3)22(36)28-24(32)38/h8-10,15-20,34H,4-7,11H2,1-3H3,(H,26,39)(H,27,35,37)(H,28,36,38)/t15-,16-,17-,18-,19-,20-/m1/s1. The van der Waals surface area contributed by atoms with Gasteiger partial charge in [-0.15, -0.1) is 5.10 Å². The van der Waals surface area contributed by atoms with E-state index in [0.717, 1.165) is 0 Å². The van der Waals surface area contributed by atoms with Crippen LogP contribution in [-0.4, -0.2) is 70.2 Å². The fraction of sp³-hybridized carbons (Fsp3) is 0.560. The molecule has 2 aliphatic heterocycles. The summed E-state index contributed by atoms with van der Waals surface area (Å²) in [6.07, 6.45) is 1.30. The molecule has 0 spiro atoms. The van der Waals surface area contributed by atoms with E-state index in [4.69, 9.17) is 14.2 Å². The number of carbonyl (C=O) groups is 1. The molecule has 2 fully saturated rings. The first-order chi connectivity index (χ1) is 20.0. The zero-order valence-electron chi connectivity index (χ0n) is 23.2. The van der Waals surface area contributed by atoms with Gasteiger partial charge in [-0.1, -0.05) is 12.1 Å². The van der Waals surface area contributed by atoms with Crippen LogP contribution in [0.3, 0.4) is 0 Å². The van der Waals surface area contributed by atoms with E-state index in [1.807, 2.05) is 6.92 Å². The molecule has 0 bridgehead atoms. The number of aryl methyl sites for hydroxylation is 2. The number of aromatic nitrogens is 7. The maximum Gasteiger partial charge on any atom is 0.407 e. The Morgan fingerprint density at radius 3 is 2.21 bits per heavy atom. The summed E-state index contributed by atoms with van der Waals surface area (Å²) in [6.45, 7) is 4.84. The van der Waals surface area contributed by atoms with Crippen molar-refractivity contribution in [3.63, 3.8) is 0 Å². The van der Waals surface area contributed by atoms with E-state index in [9.17, 15) is 29.1 Å². The lowest BCUT2D eigenvalue weighted by atomic mass is 10.1. The highest BCUT2D eigenvalue weighted by molar-refractivity contribution is 5.67. The number of alkyl carbamates (subject to hydrolysis) is 1. The first-order valence-electron chi connectivity index (χ1n) is 13.5. The Morgan fingerprint density at radius 2 is 1.60 bits per heavy atom. The first-order valence-corrected chi connectivity index (χ1v) is 13.5. The zero-order chi connectivity index (χ0) is 30.1. The number of aromatic amines is 2. The molecule has 17 nitrogen and oxygen atoms in total. The van der Waals surface area contributed by atoms with Gasteiger partial charge in [-0.25, -0.2) is 19.1 Å². The average molecular weight is 589 g/mol. The number of rotatable bonds is 8. The van der Waals surface area contributed by atoms with Gasteiger partial charge in [0.25, 0.3) is 11.1 Å². The summed E-state index contributed by atoms with van der Waals surface area (Å²) < 4.78 is 21.2. The molecular weight excluding hydrogens is 556 g/mol. The number of ether oxygens (including phenoxy) is 3. The summed E-state index contributed by atoms with van der Waals surface area (Å²) in [5.41, 5.74) is -1.02. The first kappa shape index (κ1) is 29.2. The van der Waals surface area contributed by atoms with Gasteiger partial charge in [-0.2, -0.15) is 0 Å². The van der Waals surface area contributed by atoms with Crippen LogP contribution >= 0.6 is 0 Å². The fourth-order valence-electron chi connectivity index (χ4n) is 5.10. The summed E-state index contributed by atoms with van der Waals surface area (Å²) in [4.78, 5) is 64.6. The molecule has 5 heterocycles. The molecular formula is C25H32N8O9. The van der Waals surface area contributed by atoms with E-state index in [-0.39, 0.29) is 31.7 Å². The highest BCUT2D eigenvalue weighted by Gasteiger charge is 2.38. The van der Waals surface area contributed by atoms with E-state index in [0.29, 0.717) is 29.7 Å². The summed E-state index contributed by atoms with van der Waals surface area (Å²) >= 11 is 0. The molecule has 2 aliphatic rings. The molecule has 0 aliphatic carbocycles. The van der Waals surface area contributed by atoms with E-state index in [1.54, 1.807) is 24.7 Å². The second kappa shape index (κ2) is 11.9. The third kappa shape index (κ3) is 5.97. The Hall–Kier alpha value is -4.35. The monoisotopic (exact) mass is 588 g/mol. The van der Waals surface area contributed by atoms with Crippen LogP contribution in [0, 0.1) is 13.8 Å². The highest BCUT2D eigenvalue weighted by Crippen LogP contribution is 2.37. The Bertz CT molecular complexity index is 1690. The van der Waals surface area contributed by atoms with Crippen LogP contribution in [-0.2, 0) is 20.8 Å². The molecule has 3 aromatic heterocycles. The van der Waals surface area contributed by atoms with Gasteiger partial charge in [0.1, 0.15) is 30.9 Å². The number of H-pyrrole nitrogens is 2. The van der Waals surface area contributed by atoms with Crippen molar-refractivity contribution in [2.45, 2.75) is 83.4 Å². The number of aliphatic hydroxyl groups excluding tert-OH is 1. The minimum Gasteiger partial charge on any atom is -0.447 e. The summed E-state index contributed by atoms with van der Waals surface area (Å²) in [6, 6.07) is -0.236. The normalized spacial score (nSPS) is 25.5. The van der Waals surface area contributed by atoms with E-state index in [1.165, 1.54) is 21.5 Å². The van der Waals surface area contributed by atoms with E-state index >= 15 is 0 Å². The van der Waals surface area contributed by atoms with Gasteiger partial charge in [0.05, 0.1) is 31.0 Å². The number of carbonyl (C=O) groups excluding carboxylic acids is 1. The van der Waals surface area contributed by atoms with Gasteiger partial charge in [0, 0.05) is 36.4 Å². The molecule has 42 heavy (non-hydrogen) atoms. The topological polar surface area (TPSA) is 217 Å². The molecule has 6 atom stereocenters. The number of amides is 1. The predicted octanol–water partition coefficient (Wildman–Crippen LogP) is -0.891. The molecule has 1 amide bonds. The van der Waals surface area contributed by atoms with Gasteiger partial charge in [-0.3, -0.25) is 28.7 Å². The molecule has 0 aromatic carbocycles. The molecule has 0 saturated carbocycles. The lowest BCUT2D eigenvalue weighted by molar-refractivity contribution is -0.0490. The smallest absolute Gasteiger partial charge is 0.407 e. The van der Waals surface area contributed by atoms with Crippen molar-refractivity contribution >= 4 is 6.09 Å². The predicted molar refractivity (Wildman–Crippen MR) is 143 cm³/mol. The number of hydrogen-bond acceptors (Lipinski definition) is 11. The average Bonchev–Trinajstić information content (AvgIpc) is 3.68. The maximum atomic E-state index is 12.3. The van der Waals surface area contributed by atoms with Crippen molar-refractivity contribution in [2.75, 3.05) is 6.61 Å². The number of nitrogens with zero attached hydrogens (tertiary/aromatic N) is 5. The quantitative estimate of drug-likeness (QED) is 0.253. The van der Waals surface area contributed by atoms with Crippen molar-refractivity contribution in [3.05, 3.63) is 77.1 Å². The van der Waals surface area contributed by atoms with Gasteiger partial charge in [0.15, 0.2) is 0 Å². The van der Waals surface area contributed by atoms with Gasteiger partial charge >= 0.3 is 17.5 Å². The summed E-state index contributed by atoms with van der Waals surface area (Å²) in [5, 5.41) is 21.2. The molecule has 3 aromatic rings. The summed E-state index contributed by atoms with van der Waals surface area (Å²) in [7, 11) is 0. The molecule has 0 unspecified atom stereocenters. The molecule has 17 heteroatoms. The molecule has 0 radical (unpaired) electrons. The lowest BCUT2D eigenvalue weighted by Crippen LogP contribution is -2.34. The Kier molecular flexibility index (Phi) is 8.24. The minimum atomic E-state index is -0.998. The second-order valence-electron chi connectivity index (χ2n) is 10.4. The third-order valence-corrected chi connectivity index (χ3v) is 7.41. The Balaban J connectivity index is 1.14. The van der Waals surface area contributed by atoms with Crippen molar-refractivity contribution in [3.8, 4) is 0 Å². The highest BCUT2D eigenvalue weighted by atomic mass is 16.6. The van der Waals surface area contributed by atoms with Gasteiger partial charge in [-0.05, 0) is 20.3 Å². The second-order valence-corrected chi connectivity index (χ2v) is 10.4. The number of aliphatic hydroxyl groups is 1. The Labute approximate surface area is 237 Å². The van der Waals surface area contributed by atoms with Crippen molar-refractivity contribution < 1.29 is 24.1 Å². The fourth-order valence-corrected chi connectivity index (χ4v) is 5.10. The largest absolute Gasteiger partial charge is 0.447 e. The molecule has 2 saturated heterocycles. The number of hydrogen-bond donors (Lipinski definition) is 4. The van der Waals surface area contributed by atoms with Crippen LogP contribution < -0.4 is 27.8 Å². The van der Waals surface area contributed by atoms with Crippen molar-refractivity contribution in [1.82, 2.24) is 39.4 Å². The zero-order valence-corrected chi connectivity index (χ0v) is 23.2. The van der Waals surface area contributed by atoms with Gasteiger partial charge in [0.2, 0.25) is 0 Å². The van der Waals surface area contributed by atoms with Gasteiger partial charge < -0.3 is 24.6 Å². The Morgan fingerprint density at radius 1 is 1.00 bits per heavy atom. The SMILES string of the molecule is CC[C@H]1O[C@@H](n2cc(C)c(=O)[nH]c2=O)C[C@H]1n1cc(CNC(=O)OC[C@H]2O[C@@H](n3cc(C)c(=O)[nH]c3=O)C[C@H]2O)nn1. The van der Waals surface area contributed by atoms with Crippen LogP contribution in [0.4, 0.5) is 4.79 Å². The van der Waals surface area contributed by atoms with Crippen LogP contribution in [0.25, 0.3) is 0 Å². The van der Waals surface area contributed by atoms with E-state index < -0.39 is 53.3 Å². The van der Waals surface area contributed by atoms with Crippen LogP contribution in [0.15, 0.2) is 37.8 Å². The lowest BCUT2D eigenvalue weighted by Gasteiger charge is -2.16. The van der Waals surface area contributed by atoms with Crippen LogP contribution in [0.5, 0.6) is 0 Å². The minimum absolute atomic E-state index is 0.00789. The molecule has 4 N–H and O–H groups in total. The third-order valence-electron chi connectivity index (χ3n) is 7.41. The van der Waals surface area contributed by atoms with Crippen molar-refractivity contribution in [1.29, 1.82) is 0 Å². The van der Waals surface area contributed by atoms with Crippen LogP contribution in [0.2, 0.25) is 0 Å². The molecule has 5 rings (SSSR count). The molecule has 226 valence electrons. The maximum absolute atomic E-state index is 12.3. The number of nitrogens with one attached hydrogen (secondary N) is 3. The van der Waals surface area contributed by atoms with Crippen LogP contribution in [0.1, 0.15) is 61.5 Å². The van der Waals surface area contributed by atoms with Crippen molar-refractivity contribution in [2.24, 2.45) is 0 Å². The summed E-state index contributed by atoms with van der Waals surface area (Å²) in [5.74, 6) is 0.